The van der Waals surface area contributed by atoms with E-state index in [1.165, 1.54) is 18.2 Å². The van der Waals surface area contributed by atoms with Crippen molar-refractivity contribution in [3.8, 4) is 5.75 Å². The third kappa shape index (κ3) is 4.72. The second kappa shape index (κ2) is 7.65. The molecule has 0 bridgehead atoms. The Morgan fingerprint density at radius 1 is 1.22 bits per heavy atom. The topological polar surface area (TPSA) is 75.6 Å². The van der Waals surface area contributed by atoms with Crippen LogP contribution in [-0.4, -0.2) is 23.6 Å². The van der Waals surface area contributed by atoms with Crippen LogP contribution in [0.5, 0.6) is 5.75 Å². The van der Waals surface area contributed by atoms with Crippen molar-refractivity contribution in [3.05, 3.63) is 58.6 Å². The minimum atomic E-state index is -0.817. The van der Waals surface area contributed by atoms with Gasteiger partial charge in [-0.15, -0.1) is 0 Å². The predicted octanol–water partition coefficient (Wildman–Crippen LogP) is 3.40. The highest BCUT2D eigenvalue weighted by atomic mass is 35.5. The molecule has 0 radical (unpaired) electrons. The number of esters is 1. The lowest BCUT2D eigenvalue weighted by atomic mass is 10.1. The molecule has 23 heavy (non-hydrogen) atoms. The Balaban J connectivity index is 1.93. The fraction of sp³-hybridized carbons (Fsp3) is 0.176. The average molecular weight is 334 g/mol. The number of nitrogens with one attached hydrogen (secondary N) is 1. The second-order valence-corrected chi connectivity index (χ2v) is 5.28. The van der Waals surface area contributed by atoms with Crippen LogP contribution in [0.4, 0.5) is 5.69 Å². The van der Waals surface area contributed by atoms with E-state index in [0.29, 0.717) is 5.69 Å². The summed E-state index contributed by atoms with van der Waals surface area (Å²) in [5.74, 6) is -1.54. The maximum absolute atomic E-state index is 11.9. The SMILES string of the molecule is CCc1cccc(NC(=O)COC(=O)c2cc(Cl)ccc2O)c1. The summed E-state index contributed by atoms with van der Waals surface area (Å²) < 4.78 is 4.88. The summed E-state index contributed by atoms with van der Waals surface area (Å²) in [6.45, 7) is 1.56. The van der Waals surface area contributed by atoms with Crippen LogP contribution in [0.25, 0.3) is 0 Å². The molecule has 0 saturated heterocycles. The lowest BCUT2D eigenvalue weighted by molar-refractivity contribution is -0.119. The largest absolute Gasteiger partial charge is 0.507 e. The molecule has 2 aromatic carbocycles. The maximum Gasteiger partial charge on any atom is 0.342 e. The number of hydrogen-bond donors (Lipinski definition) is 2. The van der Waals surface area contributed by atoms with Gasteiger partial charge in [-0.05, 0) is 42.3 Å². The molecule has 0 aliphatic heterocycles. The first kappa shape index (κ1) is 16.8. The highest BCUT2D eigenvalue weighted by Crippen LogP contribution is 2.22. The number of aryl methyl sites for hydroxylation is 1. The summed E-state index contributed by atoms with van der Waals surface area (Å²) in [7, 11) is 0. The van der Waals surface area contributed by atoms with Crippen LogP contribution in [0.1, 0.15) is 22.8 Å². The van der Waals surface area contributed by atoms with Crippen LogP contribution in [0, 0.1) is 0 Å². The Bertz CT molecular complexity index is 730. The first-order chi connectivity index (χ1) is 11.0. The number of carbonyl (C=O) groups is 2. The van der Waals surface area contributed by atoms with E-state index >= 15 is 0 Å². The molecule has 5 nitrogen and oxygen atoms in total. The van der Waals surface area contributed by atoms with E-state index in [1.54, 1.807) is 6.07 Å². The molecule has 0 unspecified atom stereocenters. The highest BCUT2D eigenvalue weighted by Gasteiger charge is 2.15. The van der Waals surface area contributed by atoms with Gasteiger partial charge < -0.3 is 15.2 Å². The molecule has 1 amide bonds. The molecule has 120 valence electrons. The van der Waals surface area contributed by atoms with Gasteiger partial charge in [-0.2, -0.15) is 0 Å². The number of benzene rings is 2. The molecule has 0 fully saturated rings. The van der Waals surface area contributed by atoms with Gasteiger partial charge in [0.25, 0.3) is 5.91 Å². The first-order valence-electron chi connectivity index (χ1n) is 7.04. The molecular weight excluding hydrogens is 318 g/mol. The Kier molecular flexibility index (Phi) is 5.60. The Labute approximate surface area is 138 Å². The smallest absolute Gasteiger partial charge is 0.342 e. The number of rotatable bonds is 5. The maximum atomic E-state index is 11.9. The molecule has 0 aliphatic rings. The number of phenols is 1. The minimum Gasteiger partial charge on any atom is -0.507 e. The molecule has 0 saturated carbocycles. The lowest BCUT2D eigenvalue weighted by Gasteiger charge is -2.08. The summed E-state index contributed by atoms with van der Waals surface area (Å²) >= 11 is 5.76. The fourth-order valence-electron chi connectivity index (χ4n) is 1.95. The summed E-state index contributed by atoms with van der Waals surface area (Å²) in [4.78, 5) is 23.7. The van der Waals surface area contributed by atoms with Gasteiger partial charge in [0.1, 0.15) is 11.3 Å². The van der Waals surface area contributed by atoms with Crippen molar-refractivity contribution in [1.82, 2.24) is 0 Å². The standard InChI is InChI=1S/C17H16ClNO4/c1-2-11-4-3-5-13(8-11)19-16(21)10-23-17(22)14-9-12(18)6-7-15(14)20/h3-9,20H,2,10H2,1H3,(H,19,21). The van der Waals surface area contributed by atoms with Crippen LogP contribution in [0.2, 0.25) is 5.02 Å². The molecule has 2 rings (SSSR count). The molecule has 6 heteroatoms. The van der Waals surface area contributed by atoms with Gasteiger partial charge in [-0.25, -0.2) is 4.79 Å². The number of anilines is 1. The van der Waals surface area contributed by atoms with E-state index in [4.69, 9.17) is 16.3 Å². The van der Waals surface area contributed by atoms with Crippen molar-refractivity contribution in [3.63, 3.8) is 0 Å². The van der Waals surface area contributed by atoms with Gasteiger partial charge in [-0.1, -0.05) is 30.7 Å². The molecule has 0 atom stereocenters. The Morgan fingerprint density at radius 3 is 2.74 bits per heavy atom. The quantitative estimate of drug-likeness (QED) is 0.822. The zero-order chi connectivity index (χ0) is 16.8. The molecule has 0 aromatic heterocycles. The molecule has 2 aromatic rings. The van der Waals surface area contributed by atoms with E-state index in [1.807, 2.05) is 25.1 Å². The lowest BCUT2D eigenvalue weighted by Crippen LogP contribution is -2.21. The molecule has 0 aliphatic carbocycles. The van der Waals surface area contributed by atoms with Crippen LogP contribution >= 0.6 is 11.6 Å². The third-order valence-electron chi connectivity index (χ3n) is 3.13. The van der Waals surface area contributed by atoms with Gasteiger partial charge in [0, 0.05) is 10.7 Å². The summed E-state index contributed by atoms with van der Waals surface area (Å²) in [5, 5.41) is 12.5. The Morgan fingerprint density at radius 2 is 2.00 bits per heavy atom. The highest BCUT2D eigenvalue weighted by molar-refractivity contribution is 6.31. The van der Waals surface area contributed by atoms with Crippen molar-refractivity contribution >= 4 is 29.2 Å². The predicted molar refractivity (Wildman–Crippen MR) is 87.8 cm³/mol. The van der Waals surface area contributed by atoms with Crippen LogP contribution in [0.3, 0.4) is 0 Å². The monoisotopic (exact) mass is 333 g/mol. The van der Waals surface area contributed by atoms with E-state index in [-0.39, 0.29) is 16.3 Å². The van der Waals surface area contributed by atoms with Gasteiger partial charge in [0.2, 0.25) is 0 Å². The summed E-state index contributed by atoms with van der Waals surface area (Å²) in [6, 6.07) is 11.4. The zero-order valence-electron chi connectivity index (χ0n) is 12.5. The van der Waals surface area contributed by atoms with Crippen molar-refractivity contribution < 1.29 is 19.4 Å². The first-order valence-corrected chi connectivity index (χ1v) is 7.42. The molecule has 2 N–H and O–H groups in total. The van der Waals surface area contributed by atoms with E-state index in [9.17, 15) is 14.7 Å². The zero-order valence-corrected chi connectivity index (χ0v) is 13.3. The molecular formula is C17H16ClNO4. The number of halogens is 1. The molecule has 0 heterocycles. The van der Waals surface area contributed by atoms with Crippen molar-refractivity contribution in [2.24, 2.45) is 0 Å². The van der Waals surface area contributed by atoms with Gasteiger partial charge in [0.05, 0.1) is 0 Å². The number of amides is 1. The van der Waals surface area contributed by atoms with Crippen molar-refractivity contribution in [2.45, 2.75) is 13.3 Å². The number of ether oxygens (including phenoxy) is 1. The normalized spacial score (nSPS) is 10.2. The number of phenolic OH excluding ortho intramolecular Hbond substituents is 1. The minimum absolute atomic E-state index is 0.0849. The summed E-state index contributed by atoms with van der Waals surface area (Å²) in [5.41, 5.74) is 1.64. The van der Waals surface area contributed by atoms with Gasteiger partial charge >= 0.3 is 5.97 Å². The fourth-order valence-corrected chi connectivity index (χ4v) is 2.12. The van der Waals surface area contributed by atoms with E-state index in [2.05, 4.69) is 5.32 Å². The summed E-state index contributed by atoms with van der Waals surface area (Å²) in [6.07, 6.45) is 0.854. The number of aromatic hydroxyl groups is 1. The third-order valence-corrected chi connectivity index (χ3v) is 3.37. The van der Waals surface area contributed by atoms with Crippen molar-refractivity contribution in [1.29, 1.82) is 0 Å². The van der Waals surface area contributed by atoms with E-state index < -0.39 is 18.5 Å². The van der Waals surface area contributed by atoms with Gasteiger partial charge in [0.15, 0.2) is 6.61 Å². The second-order valence-electron chi connectivity index (χ2n) is 4.84. The van der Waals surface area contributed by atoms with Crippen molar-refractivity contribution in [2.75, 3.05) is 11.9 Å². The van der Waals surface area contributed by atoms with Crippen LogP contribution in [0.15, 0.2) is 42.5 Å². The van der Waals surface area contributed by atoms with Crippen LogP contribution < -0.4 is 5.32 Å². The Hall–Kier alpha value is -2.53. The number of carbonyl (C=O) groups excluding carboxylic acids is 2. The van der Waals surface area contributed by atoms with Crippen LogP contribution in [-0.2, 0) is 16.0 Å². The number of hydrogen-bond acceptors (Lipinski definition) is 4. The van der Waals surface area contributed by atoms with Gasteiger partial charge in [-0.3, -0.25) is 4.79 Å². The van der Waals surface area contributed by atoms with E-state index in [0.717, 1.165) is 12.0 Å². The molecule has 0 spiro atoms. The average Bonchev–Trinajstić information content (AvgIpc) is 2.55.